The molecule has 50 heavy (non-hydrogen) atoms. The number of amides is 2. The van der Waals surface area contributed by atoms with E-state index >= 15 is 0 Å². The number of aryl methyl sites for hydroxylation is 1. The van der Waals surface area contributed by atoms with Crippen LogP contribution in [0.1, 0.15) is 81.6 Å². The summed E-state index contributed by atoms with van der Waals surface area (Å²) in [4.78, 5) is 38.7. The molecule has 1 aliphatic carbocycles. The number of ether oxygens (including phenoxy) is 5. The molecule has 0 radical (unpaired) electrons. The van der Waals surface area contributed by atoms with Gasteiger partial charge >= 0.3 is 0 Å². The Labute approximate surface area is 295 Å². The predicted octanol–water partition coefficient (Wildman–Crippen LogP) is 6.37. The molecular weight excluding hydrogens is 638 g/mol. The number of anilines is 1. The van der Waals surface area contributed by atoms with Crippen LogP contribution in [0.2, 0.25) is 0 Å². The highest BCUT2D eigenvalue weighted by molar-refractivity contribution is 5.84. The van der Waals surface area contributed by atoms with Crippen LogP contribution in [-0.2, 0) is 16.0 Å². The molecule has 0 aromatic heterocycles. The van der Waals surface area contributed by atoms with E-state index in [2.05, 4.69) is 29.8 Å². The molecule has 11 nitrogen and oxygen atoms in total. The van der Waals surface area contributed by atoms with Gasteiger partial charge in [0.15, 0.2) is 23.0 Å². The van der Waals surface area contributed by atoms with Crippen molar-refractivity contribution in [2.24, 2.45) is 5.92 Å². The number of unbranched alkanes of at least 4 members (excludes halogenated alkanes) is 2. The Hall–Kier alpha value is -4.93. The van der Waals surface area contributed by atoms with Crippen LogP contribution in [0.5, 0.6) is 28.7 Å². The van der Waals surface area contributed by atoms with E-state index in [1.807, 2.05) is 30.3 Å². The first kappa shape index (κ1) is 37.9. The van der Waals surface area contributed by atoms with E-state index in [1.54, 1.807) is 47.7 Å². The summed E-state index contributed by atoms with van der Waals surface area (Å²) < 4.78 is 28.0. The van der Waals surface area contributed by atoms with Crippen molar-refractivity contribution in [1.82, 2.24) is 10.6 Å². The summed E-state index contributed by atoms with van der Waals surface area (Å²) >= 11 is 0. The quantitative estimate of drug-likeness (QED) is 0.147. The lowest BCUT2D eigenvalue weighted by molar-refractivity contribution is -0.122. The van der Waals surface area contributed by atoms with Gasteiger partial charge in [0, 0.05) is 25.5 Å². The van der Waals surface area contributed by atoms with Crippen molar-refractivity contribution in [2.75, 3.05) is 47.4 Å². The van der Waals surface area contributed by atoms with Crippen molar-refractivity contribution in [3.8, 4) is 39.9 Å². The zero-order valence-corrected chi connectivity index (χ0v) is 30.5. The maximum absolute atomic E-state index is 13.6. The molecule has 0 spiro atoms. The summed E-state index contributed by atoms with van der Waals surface area (Å²) in [5.74, 6) is 2.77. The standard InChI is InChI=1S/C39H51N3O8/c1-23(2)37(26-14-18-32(46-4)33(21-26)47-5)42-35(45)12-10-9-11-19-40-30-17-15-27-28(22-31(30)44)29(41-24(3)43)16-13-25-20-34(48-6)38(49-7)39(50-8)36(25)27/h14-15,17-18,20-23,29,37H,9-13,16,19H2,1-8H3,(H,40,44)(H,41,43)(H,42,45)/t29-,37?/m0/s1. The van der Waals surface area contributed by atoms with Crippen molar-refractivity contribution in [3.05, 3.63) is 69.4 Å². The van der Waals surface area contributed by atoms with E-state index in [0.29, 0.717) is 72.2 Å². The average Bonchev–Trinajstić information content (AvgIpc) is 3.35. The van der Waals surface area contributed by atoms with Gasteiger partial charge in [-0.3, -0.25) is 14.4 Å². The Bertz CT molecular complexity index is 1720. The molecule has 2 amide bonds. The first-order chi connectivity index (χ1) is 24.1. The number of benzene rings is 2. The van der Waals surface area contributed by atoms with E-state index in [1.165, 1.54) is 6.92 Å². The van der Waals surface area contributed by atoms with E-state index < -0.39 is 0 Å². The topological polar surface area (TPSA) is 133 Å². The first-order valence-electron chi connectivity index (χ1n) is 17.1. The third-order valence-corrected chi connectivity index (χ3v) is 9.06. The van der Waals surface area contributed by atoms with Crippen LogP contribution in [0.3, 0.4) is 0 Å². The van der Waals surface area contributed by atoms with Gasteiger partial charge in [0.1, 0.15) is 0 Å². The number of carbonyl (C=O) groups excluding carboxylic acids is 2. The molecule has 3 aromatic carbocycles. The second-order valence-corrected chi connectivity index (χ2v) is 12.7. The molecule has 0 fully saturated rings. The number of hydrogen-bond acceptors (Lipinski definition) is 9. The summed E-state index contributed by atoms with van der Waals surface area (Å²) in [6, 6.07) is 12.4. The van der Waals surface area contributed by atoms with Gasteiger partial charge in [-0.05, 0) is 84.2 Å². The Morgan fingerprint density at radius 2 is 1.54 bits per heavy atom. The lowest BCUT2D eigenvalue weighted by Gasteiger charge is -2.24. The Morgan fingerprint density at radius 1 is 0.820 bits per heavy atom. The second-order valence-electron chi connectivity index (χ2n) is 12.7. The van der Waals surface area contributed by atoms with Crippen LogP contribution >= 0.6 is 0 Å². The van der Waals surface area contributed by atoms with Gasteiger partial charge in [0.05, 0.1) is 53.3 Å². The van der Waals surface area contributed by atoms with Crippen LogP contribution in [0.4, 0.5) is 5.69 Å². The molecule has 270 valence electrons. The maximum Gasteiger partial charge on any atom is 0.220 e. The molecule has 0 aliphatic heterocycles. The minimum Gasteiger partial charge on any atom is -0.493 e. The molecule has 2 atom stereocenters. The molecule has 0 bridgehead atoms. The summed E-state index contributed by atoms with van der Waals surface area (Å²) in [5.41, 5.74) is 4.49. The second kappa shape index (κ2) is 17.6. The van der Waals surface area contributed by atoms with Crippen LogP contribution in [-0.4, -0.2) is 53.9 Å². The van der Waals surface area contributed by atoms with Crippen molar-refractivity contribution >= 4 is 17.5 Å². The molecule has 0 saturated carbocycles. The van der Waals surface area contributed by atoms with E-state index in [0.717, 1.165) is 35.1 Å². The zero-order valence-electron chi connectivity index (χ0n) is 30.5. The molecule has 4 rings (SSSR count). The average molecular weight is 690 g/mol. The largest absolute Gasteiger partial charge is 0.493 e. The molecule has 0 heterocycles. The van der Waals surface area contributed by atoms with E-state index in [9.17, 15) is 14.4 Å². The molecule has 1 aliphatic rings. The minimum atomic E-state index is -0.377. The third-order valence-electron chi connectivity index (χ3n) is 9.06. The highest BCUT2D eigenvalue weighted by atomic mass is 16.5. The van der Waals surface area contributed by atoms with E-state index in [4.69, 9.17) is 23.7 Å². The number of methoxy groups -OCH3 is 5. The van der Waals surface area contributed by atoms with Gasteiger partial charge in [0.2, 0.25) is 23.0 Å². The molecule has 11 heteroatoms. The first-order valence-corrected chi connectivity index (χ1v) is 17.1. The van der Waals surface area contributed by atoms with Gasteiger partial charge in [0.25, 0.3) is 0 Å². The maximum atomic E-state index is 13.6. The van der Waals surface area contributed by atoms with E-state index in [-0.39, 0.29) is 35.2 Å². The van der Waals surface area contributed by atoms with Crippen LogP contribution in [0.15, 0.2) is 47.3 Å². The number of nitrogens with one attached hydrogen (secondary N) is 3. The molecular formula is C39H51N3O8. The minimum absolute atomic E-state index is 0.0106. The highest BCUT2D eigenvalue weighted by Crippen LogP contribution is 2.50. The highest BCUT2D eigenvalue weighted by Gasteiger charge is 2.29. The third kappa shape index (κ3) is 8.80. The van der Waals surface area contributed by atoms with Gasteiger partial charge < -0.3 is 39.6 Å². The fourth-order valence-electron chi connectivity index (χ4n) is 6.59. The smallest absolute Gasteiger partial charge is 0.220 e. The Balaban J connectivity index is 1.44. The summed E-state index contributed by atoms with van der Waals surface area (Å²) in [5, 5.41) is 9.52. The zero-order chi connectivity index (χ0) is 36.4. The number of fused-ring (bicyclic) bond motifs is 3. The summed E-state index contributed by atoms with van der Waals surface area (Å²) in [6.07, 6.45) is 3.91. The fourth-order valence-corrected chi connectivity index (χ4v) is 6.59. The lowest BCUT2D eigenvalue weighted by Crippen LogP contribution is -2.31. The summed E-state index contributed by atoms with van der Waals surface area (Å²) in [7, 11) is 7.91. The Morgan fingerprint density at radius 3 is 2.18 bits per heavy atom. The molecule has 3 N–H and O–H groups in total. The van der Waals surface area contributed by atoms with Gasteiger partial charge in [-0.1, -0.05) is 32.4 Å². The molecule has 1 unspecified atom stereocenters. The summed E-state index contributed by atoms with van der Waals surface area (Å²) in [6.45, 7) is 6.18. The van der Waals surface area contributed by atoms with Crippen LogP contribution in [0.25, 0.3) is 11.1 Å². The number of hydrogen-bond donors (Lipinski definition) is 3. The lowest BCUT2D eigenvalue weighted by atomic mass is 9.95. The van der Waals surface area contributed by atoms with Crippen LogP contribution in [0, 0.1) is 5.92 Å². The SMILES string of the molecule is COc1ccc(C(NC(=O)CCCCCNc2ccc3c(cc2=O)[C@@H](NC(C)=O)CCc2cc(OC)c(OC)c(OC)c2-3)C(C)C)cc1OC. The van der Waals surface area contributed by atoms with Gasteiger partial charge in [-0.15, -0.1) is 0 Å². The fraction of sp³-hybridized carbons (Fsp3) is 0.462. The van der Waals surface area contributed by atoms with Crippen molar-refractivity contribution in [2.45, 2.75) is 71.4 Å². The molecule has 3 aromatic rings. The van der Waals surface area contributed by atoms with Gasteiger partial charge in [-0.2, -0.15) is 0 Å². The number of rotatable bonds is 16. The van der Waals surface area contributed by atoms with Crippen LogP contribution < -0.4 is 45.1 Å². The Kier molecular flexibility index (Phi) is 13.4. The van der Waals surface area contributed by atoms with Crippen molar-refractivity contribution < 1.29 is 33.3 Å². The van der Waals surface area contributed by atoms with Gasteiger partial charge in [-0.25, -0.2) is 0 Å². The number of carbonyl (C=O) groups is 2. The predicted molar refractivity (Wildman–Crippen MR) is 195 cm³/mol. The van der Waals surface area contributed by atoms with Crippen molar-refractivity contribution in [1.29, 1.82) is 0 Å². The normalized spacial score (nSPS) is 14.0. The molecule has 0 saturated heterocycles. The monoisotopic (exact) mass is 689 g/mol. The van der Waals surface area contributed by atoms with Crippen molar-refractivity contribution in [3.63, 3.8) is 0 Å².